The van der Waals surface area contributed by atoms with Crippen molar-refractivity contribution in [2.45, 2.75) is 24.1 Å². The Labute approximate surface area is 139 Å². The minimum atomic E-state index is -3.75. The number of rotatable bonds is 7. The molecule has 1 aromatic heterocycles. The molecule has 0 spiro atoms. The molecule has 0 aliphatic carbocycles. The number of hydrogen-bond acceptors (Lipinski definition) is 6. The zero-order valence-electron chi connectivity index (χ0n) is 12.6. The van der Waals surface area contributed by atoms with E-state index in [1.54, 1.807) is 24.3 Å². The molecule has 2 N–H and O–H groups in total. The van der Waals surface area contributed by atoms with Gasteiger partial charge in [0.05, 0.1) is 23.1 Å². The minimum Gasteiger partial charge on any atom is -0.279 e. The molecule has 2 aromatic rings. The van der Waals surface area contributed by atoms with Crippen molar-refractivity contribution in [2.75, 3.05) is 11.0 Å². The Hall–Kier alpha value is -1.49. The van der Waals surface area contributed by atoms with Crippen LogP contribution >= 0.6 is 11.3 Å². The van der Waals surface area contributed by atoms with Crippen LogP contribution in [0.1, 0.15) is 17.5 Å². The van der Waals surface area contributed by atoms with Gasteiger partial charge in [-0.05, 0) is 18.1 Å². The van der Waals surface area contributed by atoms with Crippen molar-refractivity contribution in [2.24, 2.45) is 0 Å². The molecule has 0 saturated carbocycles. The zero-order chi connectivity index (χ0) is 17.1. The highest BCUT2D eigenvalue weighted by Crippen LogP contribution is 2.24. The molecule has 0 unspecified atom stereocenters. The van der Waals surface area contributed by atoms with E-state index in [0.29, 0.717) is 17.7 Å². The summed E-state index contributed by atoms with van der Waals surface area (Å²) in [6.45, 7) is 1.90. The van der Waals surface area contributed by atoms with Crippen LogP contribution in [0.5, 0.6) is 0 Å². The number of aromatic nitrogens is 1. The van der Waals surface area contributed by atoms with Crippen LogP contribution < -0.4 is 9.44 Å². The number of nitrogens with zero attached hydrogens (tertiary/aromatic N) is 1. The summed E-state index contributed by atoms with van der Waals surface area (Å²) in [5, 5.41) is 0.734. The van der Waals surface area contributed by atoms with E-state index in [4.69, 9.17) is 0 Å². The SMILES string of the molecule is CCc1ncc(S(=O)(=O)Nc2ccccc2CNS(C)(=O)=O)s1. The smallest absolute Gasteiger partial charge is 0.273 e. The van der Waals surface area contributed by atoms with E-state index in [9.17, 15) is 16.8 Å². The fraction of sp³-hybridized carbons (Fsp3) is 0.308. The van der Waals surface area contributed by atoms with Crippen LogP contribution in [0, 0.1) is 0 Å². The lowest BCUT2D eigenvalue weighted by Crippen LogP contribution is -2.22. The van der Waals surface area contributed by atoms with Crippen molar-refractivity contribution in [1.82, 2.24) is 9.71 Å². The van der Waals surface area contributed by atoms with Crippen LogP contribution in [0.4, 0.5) is 5.69 Å². The first kappa shape index (κ1) is 17.9. The molecule has 0 bridgehead atoms. The Kier molecular flexibility index (Phi) is 5.40. The second kappa shape index (κ2) is 6.95. The van der Waals surface area contributed by atoms with Gasteiger partial charge in [-0.3, -0.25) is 4.72 Å². The van der Waals surface area contributed by atoms with E-state index < -0.39 is 20.0 Å². The fourth-order valence-electron chi connectivity index (χ4n) is 1.76. The van der Waals surface area contributed by atoms with Gasteiger partial charge in [-0.1, -0.05) is 25.1 Å². The molecule has 126 valence electrons. The van der Waals surface area contributed by atoms with Gasteiger partial charge in [0, 0.05) is 6.54 Å². The van der Waals surface area contributed by atoms with Crippen molar-refractivity contribution in [1.29, 1.82) is 0 Å². The quantitative estimate of drug-likeness (QED) is 0.764. The van der Waals surface area contributed by atoms with Crippen LogP contribution in [0.15, 0.2) is 34.7 Å². The molecule has 0 saturated heterocycles. The van der Waals surface area contributed by atoms with Crippen LogP contribution in [-0.2, 0) is 33.0 Å². The van der Waals surface area contributed by atoms with Gasteiger partial charge < -0.3 is 0 Å². The Balaban J connectivity index is 2.25. The normalized spacial score (nSPS) is 12.3. The average Bonchev–Trinajstić information content (AvgIpc) is 2.95. The molecule has 10 heteroatoms. The molecule has 1 aromatic carbocycles. The molecule has 0 atom stereocenters. The summed E-state index contributed by atoms with van der Waals surface area (Å²) < 4.78 is 52.2. The maximum Gasteiger partial charge on any atom is 0.273 e. The first-order valence-electron chi connectivity index (χ1n) is 6.71. The predicted molar refractivity (Wildman–Crippen MR) is 90.4 cm³/mol. The molecule has 1 heterocycles. The maximum atomic E-state index is 12.4. The second-order valence-corrected chi connectivity index (χ2v) is 9.64. The molecule has 0 amide bonds. The number of sulfonamides is 2. The van der Waals surface area contributed by atoms with E-state index in [0.717, 1.165) is 22.6 Å². The molecular weight excluding hydrogens is 358 g/mol. The van der Waals surface area contributed by atoms with Gasteiger partial charge in [-0.15, -0.1) is 11.3 Å². The molecule has 7 nitrogen and oxygen atoms in total. The molecule has 0 aliphatic heterocycles. The fourth-order valence-corrected chi connectivity index (χ4v) is 4.40. The Bertz CT molecular complexity index is 889. The number of anilines is 1. The van der Waals surface area contributed by atoms with Crippen molar-refractivity contribution in [3.63, 3.8) is 0 Å². The summed E-state index contributed by atoms with van der Waals surface area (Å²) in [4.78, 5) is 4.04. The summed E-state index contributed by atoms with van der Waals surface area (Å²) in [6, 6.07) is 6.61. The van der Waals surface area contributed by atoms with Gasteiger partial charge in [0.15, 0.2) is 4.21 Å². The third-order valence-electron chi connectivity index (χ3n) is 2.89. The Morgan fingerprint density at radius 3 is 2.48 bits per heavy atom. The molecule has 0 aliphatic rings. The first-order chi connectivity index (χ1) is 10.7. The average molecular weight is 375 g/mol. The van der Waals surface area contributed by atoms with E-state index >= 15 is 0 Å². The lowest BCUT2D eigenvalue weighted by molar-refractivity contribution is 0.587. The van der Waals surface area contributed by atoms with Crippen LogP contribution in [0.3, 0.4) is 0 Å². The van der Waals surface area contributed by atoms with Crippen molar-refractivity contribution < 1.29 is 16.8 Å². The number of thiazole rings is 1. The predicted octanol–water partition coefficient (Wildman–Crippen LogP) is 1.56. The maximum absolute atomic E-state index is 12.4. The molecule has 0 fully saturated rings. The van der Waals surface area contributed by atoms with E-state index in [-0.39, 0.29) is 10.8 Å². The highest BCUT2D eigenvalue weighted by atomic mass is 32.2. The lowest BCUT2D eigenvalue weighted by atomic mass is 10.2. The minimum absolute atomic E-state index is 0.000424. The number of benzene rings is 1. The molecule has 2 rings (SSSR count). The second-order valence-electron chi connectivity index (χ2n) is 4.78. The molecular formula is C13H17N3O4S3. The third-order valence-corrected chi connectivity index (χ3v) is 6.52. The first-order valence-corrected chi connectivity index (χ1v) is 10.9. The number of hydrogen-bond donors (Lipinski definition) is 2. The van der Waals surface area contributed by atoms with Crippen molar-refractivity contribution in [3.05, 3.63) is 41.0 Å². The van der Waals surface area contributed by atoms with Crippen LogP contribution in [0.25, 0.3) is 0 Å². The van der Waals surface area contributed by atoms with Gasteiger partial charge in [0.2, 0.25) is 10.0 Å². The largest absolute Gasteiger partial charge is 0.279 e. The van der Waals surface area contributed by atoms with E-state index in [1.807, 2.05) is 6.92 Å². The summed E-state index contributed by atoms with van der Waals surface area (Å²) in [6.07, 6.45) is 3.03. The molecule has 23 heavy (non-hydrogen) atoms. The topological polar surface area (TPSA) is 105 Å². The van der Waals surface area contributed by atoms with Crippen molar-refractivity contribution in [3.8, 4) is 0 Å². The van der Waals surface area contributed by atoms with Gasteiger partial charge >= 0.3 is 0 Å². The molecule has 0 radical (unpaired) electrons. The van der Waals surface area contributed by atoms with Gasteiger partial charge in [-0.2, -0.15) is 0 Å². The highest BCUT2D eigenvalue weighted by Gasteiger charge is 2.19. The van der Waals surface area contributed by atoms with E-state index in [1.165, 1.54) is 6.20 Å². The van der Waals surface area contributed by atoms with E-state index in [2.05, 4.69) is 14.4 Å². The van der Waals surface area contributed by atoms with Gasteiger partial charge in [-0.25, -0.2) is 26.5 Å². The number of para-hydroxylation sites is 1. The monoisotopic (exact) mass is 375 g/mol. The number of nitrogens with one attached hydrogen (secondary N) is 2. The Morgan fingerprint density at radius 2 is 1.87 bits per heavy atom. The van der Waals surface area contributed by atoms with Gasteiger partial charge in [0.1, 0.15) is 0 Å². The third kappa shape index (κ3) is 4.99. The standard InChI is InChI=1S/C13H17N3O4S3/c1-3-12-14-9-13(21-12)23(19,20)16-11-7-5-4-6-10(11)8-15-22(2,17)18/h4-7,9,15-16H,3,8H2,1-2H3. The summed E-state index contributed by atoms with van der Waals surface area (Å²) in [5.41, 5.74) is 0.858. The van der Waals surface area contributed by atoms with Gasteiger partial charge in [0.25, 0.3) is 10.0 Å². The summed E-state index contributed by atoms with van der Waals surface area (Å²) in [7, 11) is -7.12. The van der Waals surface area contributed by atoms with Crippen molar-refractivity contribution >= 4 is 37.1 Å². The van der Waals surface area contributed by atoms with Crippen LogP contribution in [-0.4, -0.2) is 28.1 Å². The zero-order valence-corrected chi connectivity index (χ0v) is 15.1. The number of aryl methyl sites for hydroxylation is 1. The highest BCUT2D eigenvalue weighted by molar-refractivity contribution is 7.94. The summed E-state index contributed by atoms with van der Waals surface area (Å²) >= 11 is 1.11. The van der Waals surface area contributed by atoms with Crippen LogP contribution in [0.2, 0.25) is 0 Å². The Morgan fingerprint density at radius 1 is 1.17 bits per heavy atom. The summed E-state index contributed by atoms with van der Waals surface area (Å²) in [5.74, 6) is 0. The lowest BCUT2D eigenvalue weighted by Gasteiger charge is -2.11.